The number of rotatable bonds is 3. The van der Waals surface area contributed by atoms with Gasteiger partial charge in [0.1, 0.15) is 5.82 Å². The summed E-state index contributed by atoms with van der Waals surface area (Å²) in [6.07, 6.45) is 1.76. The highest BCUT2D eigenvalue weighted by Gasteiger charge is 2.43. The zero-order chi connectivity index (χ0) is 17.5. The third-order valence-electron chi connectivity index (χ3n) is 4.46. The summed E-state index contributed by atoms with van der Waals surface area (Å²) in [7, 11) is -0.987. The highest BCUT2D eigenvalue weighted by atomic mass is 32.2. The van der Waals surface area contributed by atoms with Gasteiger partial charge in [-0.05, 0) is 11.5 Å². The summed E-state index contributed by atoms with van der Waals surface area (Å²) >= 11 is 0. The normalized spacial score (nSPS) is 26.2. The molecule has 0 spiro atoms. The summed E-state index contributed by atoms with van der Waals surface area (Å²) in [5, 5.41) is 3.33. The minimum absolute atomic E-state index is 0.00512. The molecule has 0 unspecified atom stereocenters. The minimum atomic E-state index is -2.98. The van der Waals surface area contributed by atoms with Gasteiger partial charge in [-0.15, -0.1) is 0 Å². The van der Waals surface area contributed by atoms with E-state index in [2.05, 4.69) is 40.9 Å². The van der Waals surface area contributed by atoms with E-state index >= 15 is 0 Å². The molecule has 2 aliphatic heterocycles. The zero-order valence-corrected chi connectivity index (χ0v) is 15.7. The molecule has 1 aromatic heterocycles. The number of sulfone groups is 1. The molecule has 2 fully saturated rings. The molecule has 8 heteroatoms. The molecular formula is C16H27N5O2S. The molecule has 0 aromatic carbocycles. The number of nitrogens with one attached hydrogen (secondary N) is 1. The van der Waals surface area contributed by atoms with E-state index in [-0.39, 0.29) is 29.0 Å². The van der Waals surface area contributed by atoms with Crippen LogP contribution in [0.2, 0.25) is 0 Å². The van der Waals surface area contributed by atoms with E-state index in [0.29, 0.717) is 5.95 Å². The lowest BCUT2D eigenvalue weighted by Crippen LogP contribution is -2.57. The summed E-state index contributed by atoms with van der Waals surface area (Å²) in [6, 6.07) is 1.83. The first kappa shape index (κ1) is 17.4. The third kappa shape index (κ3) is 3.80. The molecule has 3 heterocycles. The highest BCUT2D eigenvalue weighted by Crippen LogP contribution is 2.26. The van der Waals surface area contributed by atoms with Gasteiger partial charge in [-0.1, -0.05) is 20.8 Å². The van der Waals surface area contributed by atoms with Crippen LogP contribution in [0, 0.1) is 5.41 Å². The summed E-state index contributed by atoms with van der Waals surface area (Å²) < 4.78 is 24.0. The second kappa shape index (κ2) is 6.15. The fourth-order valence-corrected chi connectivity index (χ4v) is 5.57. The molecule has 2 aliphatic rings. The molecule has 0 aliphatic carbocycles. The van der Waals surface area contributed by atoms with Crippen molar-refractivity contribution in [3.8, 4) is 0 Å². The number of hydrogen-bond donors (Lipinski definition) is 1. The van der Waals surface area contributed by atoms with Crippen molar-refractivity contribution < 1.29 is 8.42 Å². The van der Waals surface area contributed by atoms with E-state index in [9.17, 15) is 8.42 Å². The standard InChI is InChI=1S/C16H27N5O2S/c1-16(2,3)11-20(4)15-18-6-5-14(19-15)21-8-7-17-12-9-24(22,23)10-13(12)21/h5-6,12-13,17H,7-11H2,1-4H3/t12-,13+/m1/s1. The van der Waals surface area contributed by atoms with Crippen molar-refractivity contribution >= 4 is 21.6 Å². The number of anilines is 2. The van der Waals surface area contributed by atoms with Crippen molar-refractivity contribution in [1.82, 2.24) is 15.3 Å². The fourth-order valence-electron chi connectivity index (χ4n) is 3.62. The first-order chi connectivity index (χ1) is 11.1. The Labute approximate surface area is 144 Å². The Hall–Kier alpha value is -1.41. The van der Waals surface area contributed by atoms with E-state index in [4.69, 9.17) is 4.98 Å². The van der Waals surface area contributed by atoms with Gasteiger partial charge >= 0.3 is 0 Å². The van der Waals surface area contributed by atoms with Crippen molar-refractivity contribution in [2.24, 2.45) is 5.41 Å². The molecule has 1 N–H and O–H groups in total. The first-order valence-corrected chi connectivity index (χ1v) is 10.2. The molecule has 3 rings (SSSR count). The monoisotopic (exact) mass is 353 g/mol. The van der Waals surface area contributed by atoms with Crippen LogP contribution in [0.1, 0.15) is 20.8 Å². The number of nitrogens with zero attached hydrogens (tertiary/aromatic N) is 4. The van der Waals surface area contributed by atoms with Crippen molar-refractivity contribution in [3.05, 3.63) is 12.3 Å². The minimum Gasteiger partial charge on any atom is -0.350 e. The Morgan fingerprint density at radius 3 is 2.83 bits per heavy atom. The average Bonchev–Trinajstić information content (AvgIpc) is 2.79. The van der Waals surface area contributed by atoms with Crippen molar-refractivity contribution in [1.29, 1.82) is 0 Å². The maximum Gasteiger partial charge on any atom is 0.227 e. The largest absolute Gasteiger partial charge is 0.350 e. The molecule has 0 bridgehead atoms. The van der Waals surface area contributed by atoms with Gasteiger partial charge in [-0.25, -0.2) is 13.4 Å². The maximum absolute atomic E-state index is 12.0. The van der Waals surface area contributed by atoms with Crippen LogP contribution in [0.5, 0.6) is 0 Å². The first-order valence-electron chi connectivity index (χ1n) is 8.39. The van der Waals surface area contributed by atoms with Crippen molar-refractivity contribution in [3.63, 3.8) is 0 Å². The molecule has 2 atom stereocenters. The predicted octanol–water partition coefficient (Wildman–Crippen LogP) is 0.534. The molecular weight excluding hydrogens is 326 g/mol. The molecule has 24 heavy (non-hydrogen) atoms. The van der Waals surface area contributed by atoms with Crippen LogP contribution in [0.4, 0.5) is 11.8 Å². The SMILES string of the molecule is CN(CC(C)(C)C)c1nccc(N2CCN[C@@H]3CS(=O)(=O)C[C@@H]32)n1. The Bertz CT molecular complexity index is 701. The number of fused-ring (bicyclic) bond motifs is 1. The fraction of sp³-hybridized carbons (Fsp3) is 0.750. The van der Waals surface area contributed by atoms with E-state index < -0.39 is 9.84 Å². The van der Waals surface area contributed by atoms with Gasteiger partial charge in [0.05, 0.1) is 17.5 Å². The van der Waals surface area contributed by atoms with Crippen LogP contribution in [0.3, 0.4) is 0 Å². The third-order valence-corrected chi connectivity index (χ3v) is 6.17. The summed E-state index contributed by atoms with van der Waals surface area (Å²) in [5.41, 5.74) is 0.147. The van der Waals surface area contributed by atoms with E-state index in [1.54, 1.807) is 6.20 Å². The van der Waals surface area contributed by atoms with E-state index in [1.807, 2.05) is 13.1 Å². The topological polar surface area (TPSA) is 78.4 Å². The van der Waals surface area contributed by atoms with Crippen molar-refractivity contribution in [2.75, 3.05) is 48.0 Å². The second-order valence-electron chi connectivity index (χ2n) is 8.03. The molecule has 134 valence electrons. The van der Waals surface area contributed by atoms with Crippen LogP contribution in [-0.2, 0) is 9.84 Å². The lowest BCUT2D eigenvalue weighted by atomic mass is 9.96. The zero-order valence-electron chi connectivity index (χ0n) is 14.9. The van der Waals surface area contributed by atoms with Gasteiger partial charge in [-0.3, -0.25) is 0 Å². The number of aromatic nitrogens is 2. The molecule has 0 amide bonds. The summed E-state index contributed by atoms with van der Waals surface area (Å²) in [4.78, 5) is 13.3. The van der Waals surface area contributed by atoms with Crippen LogP contribution >= 0.6 is 0 Å². The predicted molar refractivity (Wildman–Crippen MR) is 96.3 cm³/mol. The smallest absolute Gasteiger partial charge is 0.227 e. The molecule has 0 saturated carbocycles. The Balaban J connectivity index is 1.83. The van der Waals surface area contributed by atoms with Crippen LogP contribution in [0.15, 0.2) is 12.3 Å². The highest BCUT2D eigenvalue weighted by molar-refractivity contribution is 7.91. The lowest BCUT2D eigenvalue weighted by Gasteiger charge is -2.38. The van der Waals surface area contributed by atoms with Crippen LogP contribution < -0.4 is 15.1 Å². The Morgan fingerprint density at radius 2 is 2.12 bits per heavy atom. The number of hydrogen-bond acceptors (Lipinski definition) is 7. The van der Waals surface area contributed by atoms with Gasteiger partial charge in [0.25, 0.3) is 0 Å². The van der Waals surface area contributed by atoms with E-state index in [0.717, 1.165) is 25.5 Å². The van der Waals surface area contributed by atoms with Crippen LogP contribution in [0.25, 0.3) is 0 Å². The molecule has 2 saturated heterocycles. The maximum atomic E-state index is 12.0. The quantitative estimate of drug-likeness (QED) is 0.849. The Morgan fingerprint density at radius 1 is 1.38 bits per heavy atom. The van der Waals surface area contributed by atoms with Crippen molar-refractivity contribution in [2.45, 2.75) is 32.9 Å². The van der Waals surface area contributed by atoms with Crippen LogP contribution in [-0.4, -0.2) is 68.7 Å². The van der Waals surface area contributed by atoms with Gasteiger partial charge in [-0.2, -0.15) is 4.98 Å². The second-order valence-corrected chi connectivity index (χ2v) is 10.2. The molecule has 0 radical (unpaired) electrons. The average molecular weight is 353 g/mol. The van der Waals surface area contributed by atoms with Gasteiger partial charge in [0.2, 0.25) is 5.95 Å². The van der Waals surface area contributed by atoms with E-state index in [1.165, 1.54) is 0 Å². The lowest BCUT2D eigenvalue weighted by molar-refractivity contribution is 0.414. The summed E-state index contributed by atoms with van der Waals surface area (Å²) in [5.74, 6) is 1.91. The molecule has 1 aromatic rings. The van der Waals surface area contributed by atoms with Gasteiger partial charge < -0.3 is 15.1 Å². The number of piperazine rings is 1. The summed E-state index contributed by atoms with van der Waals surface area (Å²) in [6.45, 7) is 8.91. The Kier molecular flexibility index (Phi) is 4.46. The van der Waals surface area contributed by atoms with Gasteiger partial charge in [0, 0.05) is 38.9 Å². The molecule has 7 nitrogen and oxygen atoms in total. The van der Waals surface area contributed by atoms with Gasteiger partial charge in [0.15, 0.2) is 9.84 Å².